The zero-order valence-electron chi connectivity index (χ0n) is 42.8. The van der Waals surface area contributed by atoms with Crippen molar-refractivity contribution in [1.82, 2.24) is 5.32 Å². The molecule has 12 atom stereocenters. The Morgan fingerprint density at radius 1 is 0.522 bits per heavy atom. The van der Waals surface area contributed by atoms with E-state index in [1.165, 1.54) is 128 Å². The van der Waals surface area contributed by atoms with Crippen LogP contribution in [-0.2, 0) is 23.7 Å². The molecule has 402 valence electrons. The number of rotatable bonds is 42. The van der Waals surface area contributed by atoms with Gasteiger partial charge in [0.15, 0.2) is 12.6 Å². The smallest absolute Gasteiger partial charge is 0.220 e. The first kappa shape index (κ1) is 63.1. The van der Waals surface area contributed by atoms with Crippen molar-refractivity contribution in [2.45, 2.75) is 274 Å². The molecule has 0 aromatic rings. The van der Waals surface area contributed by atoms with Crippen molar-refractivity contribution in [3.63, 3.8) is 0 Å². The monoisotopic (exact) mass is 982 g/mol. The lowest BCUT2D eigenvalue weighted by atomic mass is 9.97. The zero-order valence-corrected chi connectivity index (χ0v) is 42.8. The lowest BCUT2D eigenvalue weighted by Crippen LogP contribution is -2.65. The normalized spacial score (nSPS) is 26.5. The van der Waals surface area contributed by atoms with E-state index < -0.39 is 86.8 Å². The Hall–Kier alpha value is -2.05. The average Bonchev–Trinajstić information content (AvgIpc) is 3.35. The summed E-state index contributed by atoms with van der Waals surface area (Å²) in [5.41, 5.74) is 0. The molecule has 2 fully saturated rings. The molecular weight excluding hydrogens is 883 g/mol. The topological polar surface area (TPSA) is 228 Å². The maximum absolute atomic E-state index is 13.2. The number of amides is 1. The van der Waals surface area contributed by atoms with Crippen LogP contribution in [0.2, 0.25) is 0 Å². The van der Waals surface area contributed by atoms with Crippen LogP contribution in [0, 0.1) is 0 Å². The summed E-state index contributed by atoms with van der Waals surface area (Å²) in [6.45, 7) is 2.73. The highest BCUT2D eigenvalue weighted by molar-refractivity contribution is 5.76. The summed E-state index contributed by atoms with van der Waals surface area (Å²) in [7, 11) is 0. The van der Waals surface area contributed by atoms with Gasteiger partial charge in [-0.25, -0.2) is 0 Å². The summed E-state index contributed by atoms with van der Waals surface area (Å²) in [5, 5.41) is 86.8. The number of carbonyl (C=O) groups is 1. The molecule has 2 aliphatic rings. The number of hydrogen-bond acceptors (Lipinski definition) is 13. The molecule has 14 heteroatoms. The molecule has 14 nitrogen and oxygen atoms in total. The summed E-state index contributed by atoms with van der Waals surface area (Å²) >= 11 is 0. The van der Waals surface area contributed by atoms with Gasteiger partial charge >= 0.3 is 0 Å². The highest BCUT2D eigenvalue weighted by atomic mass is 16.7. The van der Waals surface area contributed by atoms with E-state index in [1.807, 2.05) is 6.08 Å². The molecule has 0 aromatic carbocycles. The quantitative estimate of drug-likeness (QED) is 0.0209. The first-order valence-corrected chi connectivity index (χ1v) is 27.4. The summed E-state index contributed by atoms with van der Waals surface area (Å²) < 4.78 is 22.7. The van der Waals surface area contributed by atoms with E-state index in [1.54, 1.807) is 6.08 Å². The second-order valence-electron chi connectivity index (χ2n) is 19.3. The van der Waals surface area contributed by atoms with E-state index in [0.29, 0.717) is 12.8 Å². The van der Waals surface area contributed by atoms with Crippen LogP contribution < -0.4 is 5.32 Å². The number of aliphatic hydroxyl groups is 8. The fraction of sp³-hybridized carbons (Fsp3) is 0.836. The van der Waals surface area contributed by atoms with E-state index >= 15 is 0 Å². The van der Waals surface area contributed by atoms with E-state index in [2.05, 4.69) is 55.6 Å². The van der Waals surface area contributed by atoms with Gasteiger partial charge in [0.2, 0.25) is 5.91 Å². The molecule has 2 aliphatic heterocycles. The van der Waals surface area contributed by atoms with Crippen LogP contribution in [0.3, 0.4) is 0 Å². The van der Waals surface area contributed by atoms with Gasteiger partial charge in [-0.15, -0.1) is 0 Å². The largest absolute Gasteiger partial charge is 0.394 e. The van der Waals surface area contributed by atoms with Gasteiger partial charge in [0.05, 0.1) is 32.0 Å². The predicted molar refractivity (Wildman–Crippen MR) is 272 cm³/mol. The Labute approximate surface area is 416 Å². The van der Waals surface area contributed by atoms with Gasteiger partial charge in [0, 0.05) is 6.42 Å². The lowest BCUT2D eigenvalue weighted by molar-refractivity contribution is -0.359. The van der Waals surface area contributed by atoms with Crippen LogP contribution in [0.5, 0.6) is 0 Å². The van der Waals surface area contributed by atoms with Gasteiger partial charge in [-0.2, -0.15) is 0 Å². The van der Waals surface area contributed by atoms with E-state index in [9.17, 15) is 45.6 Å². The second kappa shape index (κ2) is 41.4. The highest BCUT2D eigenvalue weighted by Crippen LogP contribution is 2.30. The third-order valence-electron chi connectivity index (χ3n) is 13.2. The van der Waals surface area contributed by atoms with Crippen LogP contribution in [0.25, 0.3) is 0 Å². The summed E-state index contributed by atoms with van der Waals surface area (Å²) in [6.07, 6.45) is 33.0. The van der Waals surface area contributed by atoms with Gasteiger partial charge in [-0.1, -0.05) is 178 Å². The van der Waals surface area contributed by atoms with Gasteiger partial charge < -0.3 is 65.1 Å². The van der Waals surface area contributed by atoms with Gasteiger partial charge in [-0.05, 0) is 64.2 Å². The molecule has 2 heterocycles. The number of allylic oxidation sites excluding steroid dienone is 7. The van der Waals surface area contributed by atoms with Crippen molar-refractivity contribution in [3.8, 4) is 0 Å². The third-order valence-corrected chi connectivity index (χ3v) is 13.2. The highest BCUT2D eigenvalue weighted by Gasteiger charge is 2.51. The molecule has 0 radical (unpaired) electrons. The minimum atomic E-state index is -1.79. The fourth-order valence-electron chi connectivity index (χ4n) is 8.75. The SMILES string of the molecule is CCCCCCC/C=C\C/C=C\CCCCCCCCCCCCCC(=O)NC(COC1OC(CO)C(OC2OC(CO)C(O)C(O)C2O)C(O)C1O)C(O)/C=C/CC/C=C/CCCCCCCC. The molecule has 0 bridgehead atoms. The molecule has 69 heavy (non-hydrogen) atoms. The van der Waals surface area contributed by atoms with Gasteiger partial charge in [-0.3, -0.25) is 4.79 Å². The minimum absolute atomic E-state index is 0.254. The molecule has 2 saturated heterocycles. The Balaban J connectivity index is 1.77. The fourth-order valence-corrected chi connectivity index (χ4v) is 8.75. The van der Waals surface area contributed by atoms with E-state index in [-0.39, 0.29) is 18.9 Å². The molecule has 12 unspecified atom stereocenters. The molecule has 0 aliphatic carbocycles. The van der Waals surface area contributed by atoms with Crippen LogP contribution in [0.1, 0.15) is 200 Å². The standard InChI is InChI=1S/C55H99NO13/c1-3-5-7-9-11-13-15-17-18-19-20-21-22-23-24-25-26-27-29-31-33-35-37-39-47(60)56-43(44(59)38-36-34-32-30-28-16-14-12-10-8-6-4-2)42-66-54-52(65)50(63)53(46(41-58)68-54)69-55-51(64)49(62)48(61)45(40-57)67-55/h15,17,19-20,28,30,36,38,43-46,48-55,57-59,61-65H,3-14,16,18,21-27,29,31-35,37,39-42H2,1-2H3,(H,56,60)/b17-15-,20-19-,30-28+,38-36+. The summed E-state index contributed by atoms with van der Waals surface area (Å²) in [4.78, 5) is 13.2. The molecule has 0 aromatic heterocycles. The van der Waals surface area contributed by atoms with E-state index in [4.69, 9.17) is 18.9 Å². The zero-order chi connectivity index (χ0) is 50.3. The van der Waals surface area contributed by atoms with Crippen molar-refractivity contribution in [1.29, 1.82) is 0 Å². The Bertz CT molecular complexity index is 1340. The minimum Gasteiger partial charge on any atom is -0.394 e. The van der Waals surface area contributed by atoms with E-state index in [0.717, 1.165) is 38.5 Å². The maximum Gasteiger partial charge on any atom is 0.220 e. The number of aliphatic hydroxyl groups excluding tert-OH is 8. The molecule has 0 spiro atoms. The van der Waals surface area contributed by atoms with Crippen LogP contribution in [-0.4, -0.2) is 140 Å². The van der Waals surface area contributed by atoms with Gasteiger partial charge in [0.25, 0.3) is 0 Å². The number of nitrogens with one attached hydrogen (secondary N) is 1. The van der Waals surface area contributed by atoms with Gasteiger partial charge in [0.1, 0.15) is 48.8 Å². The lowest BCUT2D eigenvalue weighted by Gasteiger charge is -2.46. The van der Waals surface area contributed by atoms with Crippen molar-refractivity contribution in [2.24, 2.45) is 0 Å². The Kier molecular flexibility index (Phi) is 37.9. The van der Waals surface area contributed by atoms with Crippen molar-refractivity contribution in [3.05, 3.63) is 48.6 Å². The maximum atomic E-state index is 13.2. The van der Waals surface area contributed by atoms with Crippen LogP contribution >= 0.6 is 0 Å². The summed E-state index contributed by atoms with van der Waals surface area (Å²) in [6, 6.07) is -0.931. The third kappa shape index (κ3) is 28.1. The number of unbranched alkanes of at least 4 members (excludes halogenated alkanes) is 23. The molecule has 0 saturated carbocycles. The number of hydrogen-bond donors (Lipinski definition) is 9. The van der Waals surface area contributed by atoms with Crippen molar-refractivity contribution in [2.75, 3.05) is 19.8 Å². The average molecular weight is 982 g/mol. The second-order valence-corrected chi connectivity index (χ2v) is 19.3. The number of ether oxygens (including phenoxy) is 4. The molecule has 9 N–H and O–H groups in total. The predicted octanol–water partition coefficient (Wildman–Crippen LogP) is 8.05. The first-order chi connectivity index (χ1) is 33.6. The summed E-state index contributed by atoms with van der Waals surface area (Å²) in [5.74, 6) is -0.254. The van der Waals surface area contributed by atoms with Crippen LogP contribution in [0.4, 0.5) is 0 Å². The first-order valence-electron chi connectivity index (χ1n) is 27.4. The number of carbonyl (C=O) groups excluding carboxylic acids is 1. The van der Waals surface area contributed by atoms with Crippen LogP contribution in [0.15, 0.2) is 48.6 Å². The van der Waals surface area contributed by atoms with Crippen molar-refractivity contribution < 1.29 is 64.6 Å². The Morgan fingerprint density at radius 2 is 0.971 bits per heavy atom. The Morgan fingerprint density at radius 3 is 1.51 bits per heavy atom. The molecule has 2 rings (SSSR count). The molecule has 1 amide bonds. The molecular formula is C55H99NO13. The van der Waals surface area contributed by atoms with Crippen molar-refractivity contribution >= 4 is 5.91 Å².